The number of aliphatic carboxylic acids is 1. The van der Waals surface area contributed by atoms with Crippen molar-refractivity contribution in [1.29, 1.82) is 0 Å². The van der Waals surface area contributed by atoms with Crippen LogP contribution in [0.15, 0.2) is 0 Å². The fourth-order valence-electron chi connectivity index (χ4n) is 3.04. The van der Waals surface area contributed by atoms with Crippen molar-refractivity contribution in [3.8, 4) is 0 Å². The molecular formula is C12H21NO2. The van der Waals surface area contributed by atoms with Crippen molar-refractivity contribution < 1.29 is 9.90 Å². The Hall–Kier alpha value is -0.570. The van der Waals surface area contributed by atoms with E-state index in [0.29, 0.717) is 0 Å². The summed E-state index contributed by atoms with van der Waals surface area (Å²) in [5, 5.41) is 9.42. The van der Waals surface area contributed by atoms with Crippen LogP contribution in [0.1, 0.15) is 44.9 Å². The van der Waals surface area contributed by atoms with Crippen LogP contribution in [0.3, 0.4) is 0 Å². The maximum absolute atomic E-state index is 11.4. The second-order valence-corrected chi connectivity index (χ2v) is 5.13. The topological polar surface area (TPSA) is 40.5 Å². The van der Waals surface area contributed by atoms with Crippen LogP contribution in [-0.4, -0.2) is 35.6 Å². The molecule has 0 atom stereocenters. The lowest BCUT2D eigenvalue weighted by molar-refractivity contribution is -0.152. The van der Waals surface area contributed by atoms with E-state index in [1.807, 2.05) is 0 Å². The molecule has 2 fully saturated rings. The summed E-state index contributed by atoms with van der Waals surface area (Å²) in [6, 6.07) is 0. The molecule has 3 heteroatoms. The van der Waals surface area contributed by atoms with Crippen LogP contribution in [0, 0.1) is 5.41 Å². The molecule has 1 N–H and O–H groups in total. The van der Waals surface area contributed by atoms with E-state index < -0.39 is 11.4 Å². The maximum Gasteiger partial charge on any atom is 0.310 e. The highest BCUT2D eigenvalue weighted by Crippen LogP contribution is 2.37. The number of carboxylic acid groups (broad SMARTS) is 1. The predicted octanol–water partition coefficient (Wildman–Crippen LogP) is 2.12. The molecule has 15 heavy (non-hydrogen) atoms. The zero-order valence-corrected chi connectivity index (χ0v) is 9.37. The zero-order valence-electron chi connectivity index (χ0n) is 9.37. The highest BCUT2D eigenvalue weighted by atomic mass is 16.4. The van der Waals surface area contributed by atoms with Crippen LogP contribution in [0.5, 0.6) is 0 Å². The van der Waals surface area contributed by atoms with Crippen LogP contribution >= 0.6 is 0 Å². The maximum atomic E-state index is 11.4. The van der Waals surface area contributed by atoms with Gasteiger partial charge in [-0.25, -0.2) is 0 Å². The Balaban J connectivity index is 2.00. The highest BCUT2D eigenvalue weighted by Gasteiger charge is 2.41. The van der Waals surface area contributed by atoms with Crippen molar-refractivity contribution in [2.24, 2.45) is 5.41 Å². The summed E-state index contributed by atoms with van der Waals surface area (Å²) in [4.78, 5) is 13.8. The minimum atomic E-state index is -0.561. The van der Waals surface area contributed by atoms with Crippen molar-refractivity contribution in [2.45, 2.75) is 44.9 Å². The third-order valence-corrected chi connectivity index (χ3v) is 3.99. The second kappa shape index (κ2) is 4.52. The normalized spacial score (nSPS) is 26.7. The van der Waals surface area contributed by atoms with Crippen LogP contribution in [-0.2, 0) is 4.79 Å². The van der Waals surface area contributed by atoms with Gasteiger partial charge in [0.15, 0.2) is 0 Å². The third kappa shape index (κ3) is 2.33. The van der Waals surface area contributed by atoms with Crippen LogP contribution in [0.4, 0.5) is 0 Å². The predicted molar refractivity (Wildman–Crippen MR) is 58.8 cm³/mol. The van der Waals surface area contributed by atoms with Gasteiger partial charge in [-0.2, -0.15) is 0 Å². The molecule has 0 aromatic heterocycles. The van der Waals surface area contributed by atoms with Gasteiger partial charge in [-0.1, -0.05) is 19.3 Å². The SMILES string of the molecule is O=C(O)C1(CN2CCCC2)CCCCC1. The zero-order chi connectivity index (χ0) is 10.7. The van der Waals surface area contributed by atoms with Gasteiger partial charge in [0.25, 0.3) is 0 Å². The Morgan fingerprint density at radius 1 is 1.07 bits per heavy atom. The molecule has 1 aliphatic heterocycles. The minimum Gasteiger partial charge on any atom is -0.481 e. The van der Waals surface area contributed by atoms with Crippen LogP contribution in [0.2, 0.25) is 0 Å². The lowest BCUT2D eigenvalue weighted by atomic mass is 9.73. The molecule has 0 aromatic carbocycles. The summed E-state index contributed by atoms with van der Waals surface area (Å²) in [5.74, 6) is -0.561. The molecule has 0 aromatic rings. The van der Waals surface area contributed by atoms with E-state index in [-0.39, 0.29) is 0 Å². The quantitative estimate of drug-likeness (QED) is 0.777. The number of carbonyl (C=O) groups is 1. The van der Waals surface area contributed by atoms with E-state index >= 15 is 0 Å². The number of rotatable bonds is 3. The Kier molecular flexibility index (Phi) is 3.29. The summed E-state index contributed by atoms with van der Waals surface area (Å²) in [7, 11) is 0. The van der Waals surface area contributed by atoms with Gasteiger partial charge in [0.05, 0.1) is 5.41 Å². The number of likely N-dealkylation sites (tertiary alicyclic amines) is 1. The molecule has 1 aliphatic carbocycles. The third-order valence-electron chi connectivity index (χ3n) is 3.99. The molecule has 0 spiro atoms. The molecular weight excluding hydrogens is 190 g/mol. The summed E-state index contributed by atoms with van der Waals surface area (Å²) >= 11 is 0. The Labute approximate surface area is 91.5 Å². The van der Waals surface area contributed by atoms with Gasteiger partial charge in [0.1, 0.15) is 0 Å². The average molecular weight is 211 g/mol. The summed E-state index contributed by atoms with van der Waals surface area (Å²) < 4.78 is 0. The molecule has 1 saturated heterocycles. The fraction of sp³-hybridized carbons (Fsp3) is 0.917. The molecule has 0 unspecified atom stereocenters. The number of carboxylic acids is 1. The van der Waals surface area contributed by atoms with E-state index in [1.165, 1.54) is 19.3 Å². The Morgan fingerprint density at radius 3 is 2.20 bits per heavy atom. The lowest BCUT2D eigenvalue weighted by Crippen LogP contribution is -2.43. The van der Waals surface area contributed by atoms with Gasteiger partial charge in [-0.05, 0) is 38.8 Å². The van der Waals surface area contributed by atoms with Gasteiger partial charge < -0.3 is 10.0 Å². The monoisotopic (exact) mass is 211 g/mol. The molecule has 1 saturated carbocycles. The van der Waals surface area contributed by atoms with Crippen molar-refractivity contribution in [1.82, 2.24) is 4.90 Å². The molecule has 0 bridgehead atoms. The van der Waals surface area contributed by atoms with E-state index in [1.54, 1.807) is 0 Å². The largest absolute Gasteiger partial charge is 0.481 e. The molecule has 2 aliphatic rings. The standard InChI is InChI=1S/C12H21NO2/c14-11(15)12(6-2-1-3-7-12)10-13-8-4-5-9-13/h1-10H2,(H,14,15). The highest BCUT2D eigenvalue weighted by molar-refractivity contribution is 5.75. The van der Waals surface area contributed by atoms with E-state index in [9.17, 15) is 9.90 Å². The van der Waals surface area contributed by atoms with E-state index in [0.717, 1.165) is 45.3 Å². The first-order chi connectivity index (χ1) is 7.23. The van der Waals surface area contributed by atoms with Gasteiger partial charge in [-0.3, -0.25) is 4.79 Å². The van der Waals surface area contributed by atoms with E-state index in [4.69, 9.17) is 0 Å². The molecule has 3 nitrogen and oxygen atoms in total. The Bertz CT molecular complexity index is 228. The number of nitrogens with zero attached hydrogens (tertiary/aromatic N) is 1. The average Bonchev–Trinajstić information content (AvgIpc) is 2.71. The summed E-state index contributed by atoms with van der Waals surface area (Å²) in [5.41, 5.74) is -0.414. The summed E-state index contributed by atoms with van der Waals surface area (Å²) in [6.45, 7) is 3.01. The first-order valence-corrected chi connectivity index (χ1v) is 6.19. The number of hydrogen-bond donors (Lipinski definition) is 1. The van der Waals surface area contributed by atoms with Gasteiger partial charge in [0, 0.05) is 6.54 Å². The van der Waals surface area contributed by atoms with Crippen molar-refractivity contribution in [3.05, 3.63) is 0 Å². The molecule has 0 amide bonds. The fourth-order valence-corrected chi connectivity index (χ4v) is 3.04. The van der Waals surface area contributed by atoms with Crippen molar-refractivity contribution in [2.75, 3.05) is 19.6 Å². The first kappa shape index (κ1) is 10.9. The summed E-state index contributed by atoms with van der Waals surface area (Å²) in [6.07, 6.45) is 7.68. The Morgan fingerprint density at radius 2 is 1.67 bits per heavy atom. The molecule has 86 valence electrons. The van der Waals surface area contributed by atoms with Crippen molar-refractivity contribution >= 4 is 5.97 Å². The van der Waals surface area contributed by atoms with E-state index in [2.05, 4.69) is 4.90 Å². The van der Waals surface area contributed by atoms with Crippen LogP contribution < -0.4 is 0 Å². The lowest BCUT2D eigenvalue weighted by Gasteiger charge is -2.36. The molecule has 1 heterocycles. The van der Waals surface area contributed by atoms with Crippen LogP contribution in [0.25, 0.3) is 0 Å². The molecule has 0 radical (unpaired) electrons. The number of hydrogen-bond acceptors (Lipinski definition) is 2. The molecule has 2 rings (SSSR count). The van der Waals surface area contributed by atoms with Gasteiger partial charge >= 0.3 is 5.97 Å². The smallest absolute Gasteiger partial charge is 0.310 e. The van der Waals surface area contributed by atoms with Gasteiger partial charge in [0.2, 0.25) is 0 Å². The van der Waals surface area contributed by atoms with Gasteiger partial charge in [-0.15, -0.1) is 0 Å². The second-order valence-electron chi connectivity index (χ2n) is 5.13. The first-order valence-electron chi connectivity index (χ1n) is 6.19. The minimum absolute atomic E-state index is 0.414. The van der Waals surface area contributed by atoms with Crippen molar-refractivity contribution in [3.63, 3.8) is 0 Å².